The van der Waals surface area contributed by atoms with Gasteiger partial charge in [-0.3, -0.25) is 9.30 Å². The number of nitrogens with zero attached hydrogens (tertiary/aromatic N) is 2. The SMILES string of the molecule is CCS(=O)(=O)N1CC=C(c2ccc(OC3CCCCC3)cc2)CC1=NC. The van der Waals surface area contributed by atoms with Gasteiger partial charge in [-0.1, -0.05) is 24.6 Å². The van der Waals surface area contributed by atoms with E-state index in [-0.39, 0.29) is 5.75 Å². The van der Waals surface area contributed by atoms with Crippen LogP contribution in [0.2, 0.25) is 0 Å². The Morgan fingerprint density at radius 1 is 1.15 bits per heavy atom. The maximum atomic E-state index is 12.2. The average molecular weight is 377 g/mol. The van der Waals surface area contributed by atoms with Crippen LogP contribution in [-0.2, 0) is 10.0 Å². The van der Waals surface area contributed by atoms with E-state index >= 15 is 0 Å². The van der Waals surface area contributed by atoms with Crippen molar-refractivity contribution in [3.63, 3.8) is 0 Å². The van der Waals surface area contributed by atoms with Crippen molar-refractivity contribution in [2.24, 2.45) is 4.99 Å². The zero-order valence-electron chi connectivity index (χ0n) is 15.6. The van der Waals surface area contributed by atoms with Crippen molar-refractivity contribution in [3.8, 4) is 5.75 Å². The smallest absolute Gasteiger partial charge is 0.236 e. The molecular weight excluding hydrogens is 348 g/mol. The first-order valence-corrected chi connectivity index (χ1v) is 11.1. The molecule has 3 rings (SSSR count). The fourth-order valence-corrected chi connectivity index (χ4v) is 4.67. The predicted molar refractivity (Wildman–Crippen MR) is 106 cm³/mol. The lowest BCUT2D eigenvalue weighted by atomic mass is 9.97. The molecule has 1 aromatic carbocycles. The van der Waals surface area contributed by atoms with Crippen LogP contribution in [0.25, 0.3) is 5.57 Å². The van der Waals surface area contributed by atoms with E-state index in [1.54, 1.807) is 14.0 Å². The molecule has 1 saturated carbocycles. The lowest BCUT2D eigenvalue weighted by Gasteiger charge is -2.29. The third-order valence-corrected chi connectivity index (χ3v) is 6.94. The van der Waals surface area contributed by atoms with Gasteiger partial charge in [0, 0.05) is 13.5 Å². The van der Waals surface area contributed by atoms with E-state index in [9.17, 15) is 8.42 Å². The number of benzene rings is 1. The van der Waals surface area contributed by atoms with Crippen LogP contribution >= 0.6 is 0 Å². The summed E-state index contributed by atoms with van der Waals surface area (Å²) in [5.41, 5.74) is 2.20. The van der Waals surface area contributed by atoms with Crippen molar-refractivity contribution in [3.05, 3.63) is 35.9 Å². The van der Waals surface area contributed by atoms with Crippen molar-refractivity contribution in [2.45, 2.75) is 51.6 Å². The Bertz CT molecular complexity index is 776. The van der Waals surface area contributed by atoms with E-state index in [1.165, 1.54) is 23.6 Å². The van der Waals surface area contributed by atoms with Gasteiger partial charge in [0.2, 0.25) is 10.0 Å². The Morgan fingerprint density at radius 2 is 1.85 bits per heavy atom. The van der Waals surface area contributed by atoms with Gasteiger partial charge < -0.3 is 4.74 Å². The van der Waals surface area contributed by atoms with E-state index in [0.29, 0.717) is 24.9 Å². The van der Waals surface area contributed by atoms with Crippen LogP contribution in [0.5, 0.6) is 5.75 Å². The van der Waals surface area contributed by atoms with Gasteiger partial charge in [-0.05, 0) is 55.9 Å². The first kappa shape index (κ1) is 19.0. The van der Waals surface area contributed by atoms with Gasteiger partial charge in [-0.25, -0.2) is 8.42 Å². The minimum atomic E-state index is -3.27. The van der Waals surface area contributed by atoms with E-state index in [0.717, 1.165) is 29.7 Å². The normalized spacial score (nSPS) is 20.9. The topological polar surface area (TPSA) is 59.0 Å². The fourth-order valence-electron chi connectivity index (χ4n) is 3.59. The summed E-state index contributed by atoms with van der Waals surface area (Å²) in [5, 5.41) is 0. The van der Waals surface area contributed by atoms with Crippen molar-refractivity contribution < 1.29 is 13.2 Å². The maximum Gasteiger partial charge on any atom is 0.236 e. The first-order valence-electron chi connectivity index (χ1n) is 9.45. The molecule has 0 N–H and O–H groups in total. The third kappa shape index (κ3) is 4.29. The number of ether oxygens (including phenoxy) is 1. The molecule has 0 atom stereocenters. The maximum absolute atomic E-state index is 12.2. The third-order valence-electron chi connectivity index (χ3n) is 5.18. The van der Waals surface area contributed by atoms with Crippen LogP contribution in [0.15, 0.2) is 35.3 Å². The van der Waals surface area contributed by atoms with Crippen molar-refractivity contribution in [1.29, 1.82) is 0 Å². The van der Waals surface area contributed by atoms with Gasteiger partial charge in [0.15, 0.2) is 0 Å². The largest absolute Gasteiger partial charge is 0.490 e. The lowest BCUT2D eigenvalue weighted by Crippen LogP contribution is -2.40. The molecule has 26 heavy (non-hydrogen) atoms. The number of hydrogen-bond donors (Lipinski definition) is 0. The highest BCUT2D eigenvalue weighted by Gasteiger charge is 2.27. The van der Waals surface area contributed by atoms with Crippen LogP contribution < -0.4 is 4.74 Å². The molecule has 1 heterocycles. The molecule has 0 bridgehead atoms. The Hall–Kier alpha value is -1.82. The molecule has 0 unspecified atom stereocenters. The number of hydrogen-bond acceptors (Lipinski definition) is 4. The molecule has 0 spiro atoms. The minimum Gasteiger partial charge on any atom is -0.490 e. The molecule has 1 aliphatic heterocycles. The molecule has 6 heteroatoms. The molecule has 142 valence electrons. The first-order chi connectivity index (χ1) is 12.5. The Kier molecular flexibility index (Phi) is 6.01. The van der Waals surface area contributed by atoms with Gasteiger partial charge >= 0.3 is 0 Å². The summed E-state index contributed by atoms with van der Waals surface area (Å²) in [6.07, 6.45) is 8.97. The van der Waals surface area contributed by atoms with Crippen LogP contribution in [0.1, 0.15) is 51.0 Å². The van der Waals surface area contributed by atoms with Gasteiger partial charge in [-0.2, -0.15) is 0 Å². The number of amidine groups is 1. The highest BCUT2D eigenvalue weighted by Crippen LogP contribution is 2.28. The zero-order chi connectivity index (χ0) is 18.6. The Morgan fingerprint density at radius 3 is 2.46 bits per heavy atom. The molecule has 1 fully saturated rings. The van der Waals surface area contributed by atoms with E-state index in [4.69, 9.17) is 4.74 Å². The van der Waals surface area contributed by atoms with Crippen LogP contribution in [0.4, 0.5) is 0 Å². The van der Waals surface area contributed by atoms with E-state index < -0.39 is 10.0 Å². The van der Waals surface area contributed by atoms with E-state index in [2.05, 4.69) is 17.1 Å². The average Bonchev–Trinajstić information content (AvgIpc) is 2.69. The van der Waals surface area contributed by atoms with Gasteiger partial charge in [0.25, 0.3) is 0 Å². The second-order valence-corrected chi connectivity index (χ2v) is 9.06. The second-order valence-electron chi connectivity index (χ2n) is 6.88. The molecule has 0 saturated heterocycles. The molecule has 1 aromatic rings. The van der Waals surface area contributed by atoms with Crippen LogP contribution in [-0.4, -0.2) is 44.0 Å². The van der Waals surface area contributed by atoms with Gasteiger partial charge in [-0.15, -0.1) is 0 Å². The number of aliphatic imine (C=N–C) groups is 1. The second kappa shape index (κ2) is 8.25. The van der Waals surface area contributed by atoms with Gasteiger partial charge in [0.1, 0.15) is 11.6 Å². The summed E-state index contributed by atoms with van der Waals surface area (Å²) in [6, 6.07) is 8.15. The van der Waals surface area contributed by atoms with Gasteiger partial charge in [0.05, 0.1) is 18.4 Å². The monoisotopic (exact) mass is 376 g/mol. The molecule has 5 nitrogen and oxygen atoms in total. The molecule has 2 aliphatic rings. The highest BCUT2D eigenvalue weighted by atomic mass is 32.2. The highest BCUT2D eigenvalue weighted by molar-refractivity contribution is 7.89. The summed E-state index contributed by atoms with van der Waals surface area (Å²) in [5.74, 6) is 1.60. The molecule has 0 radical (unpaired) electrons. The zero-order valence-corrected chi connectivity index (χ0v) is 16.5. The predicted octanol–water partition coefficient (Wildman–Crippen LogP) is 3.87. The van der Waals surface area contributed by atoms with Crippen LogP contribution in [0, 0.1) is 0 Å². The molecular formula is C20H28N2O3S. The number of rotatable bonds is 5. The summed E-state index contributed by atoms with van der Waals surface area (Å²) in [6.45, 7) is 2.01. The fraction of sp³-hybridized carbons (Fsp3) is 0.550. The Labute approximate surface area is 156 Å². The summed E-state index contributed by atoms with van der Waals surface area (Å²) < 4.78 is 31.9. The van der Waals surface area contributed by atoms with Crippen molar-refractivity contribution in [2.75, 3.05) is 19.3 Å². The molecule has 0 aromatic heterocycles. The molecule has 0 amide bonds. The quantitative estimate of drug-likeness (QED) is 0.784. The summed E-state index contributed by atoms with van der Waals surface area (Å²) in [4.78, 5) is 4.21. The number of sulfonamides is 1. The standard InChI is InChI=1S/C20H28N2O3S/c1-3-26(23,24)22-14-13-17(15-20(22)21-2)16-9-11-19(12-10-16)25-18-7-5-4-6-8-18/h9-13,18H,3-8,14-15H2,1-2H3. The van der Waals surface area contributed by atoms with Crippen LogP contribution in [0.3, 0.4) is 0 Å². The van der Waals surface area contributed by atoms with E-state index in [1.807, 2.05) is 18.2 Å². The minimum absolute atomic E-state index is 0.0857. The lowest BCUT2D eigenvalue weighted by molar-refractivity contribution is 0.155. The van der Waals surface area contributed by atoms with Crippen molar-refractivity contribution >= 4 is 21.4 Å². The summed E-state index contributed by atoms with van der Waals surface area (Å²) >= 11 is 0. The Balaban J connectivity index is 1.71. The molecule has 1 aliphatic carbocycles. The van der Waals surface area contributed by atoms with Crippen molar-refractivity contribution in [1.82, 2.24) is 4.31 Å². The summed E-state index contributed by atoms with van der Waals surface area (Å²) in [7, 11) is -1.62.